The fraction of sp³-hybridized carbons (Fsp3) is 0.600. The Hall–Kier alpha value is -2.08. The number of aromatic nitrogens is 2. The molecule has 2 aromatic rings. The van der Waals surface area contributed by atoms with E-state index in [-0.39, 0.29) is 12.1 Å². The minimum Gasteiger partial charge on any atom is -0.329 e. The van der Waals surface area contributed by atoms with E-state index in [0.717, 1.165) is 42.8 Å². The average molecular weight is 355 g/mol. The van der Waals surface area contributed by atoms with Gasteiger partial charge < -0.3 is 19.7 Å². The second kappa shape index (κ2) is 7.27. The number of piperidine rings is 1. The highest BCUT2D eigenvalue weighted by Gasteiger charge is 2.29. The molecule has 0 aliphatic carbocycles. The molecule has 2 fully saturated rings. The summed E-state index contributed by atoms with van der Waals surface area (Å²) in [6.07, 6.45) is 4.84. The standard InChI is InChI=1S/C20H29N5O/c1-15(19-22-17-7-3-4-8-18(17)23(19)2)21-20(26)25-13-9-16(10-14-25)24-11-5-6-12-24/h3-4,7-8,15-16H,5-6,9-14H2,1-2H3,(H,21,26). The predicted octanol–water partition coefficient (Wildman–Crippen LogP) is 2.90. The van der Waals surface area contributed by atoms with E-state index in [1.165, 1.54) is 25.9 Å². The first-order valence-electron chi connectivity index (χ1n) is 9.84. The summed E-state index contributed by atoms with van der Waals surface area (Å²) >= 11 is 0. The van der Waals surface area contributed by atoms with Crippen LogP contribution in [0, 0.1) is 0 Å². The molecule has 1 N–H and O–H groups in total. The van der Waals surface area contributed by atoms with Crippen LogP contribution in [0.2, 0.25) is 0 Å². The van der Waals surface area contributed by atoms with E-state index in [4.69, 9.17) is 4.98 Å². The summed E-state index contributed by atoms with van der Waals surface area (Å²) in [4.78, 5) is 22.0. The molecular formula is C20H29N5O. The molecule has 2 aliphatic rings. The van der Waals surface area contributed by atoms with Crippen molar-refractivity contribution in [2.75, 3.05) is 26.2 Å². The van der Waals surface area contributed by atoms with E-state index in [2.05, 4.69) is 20.9 Å². The molecule has 26 heavy (non-hydrogen) atoms. The van der Waals surface area contributed by atoms with Gasteiger partial charge in [-0.1, -0.05) is 12.1 Å². The van der Waals surface area contributed by atoms with Crippen LogP contribution in [0.4, 0.5) is 4.79 Å². The number of hydrogen-bond donors (Lipinski definition) is 1. The number of nitrogens with one attached hydrogen (secondary N) is 1. The van der Waals surface area contributed by atoms with Crippen LogP contribution in [0.25, 0.3) is 11.0 Å². The van der Waals surface area contributed by atoms with E-state index in [9.17, 15) is 4.79 Å². The van der Waals surface area contributed by atoms with Gasteiger partial charge in [-0.05, 0) is 57.8 Å². The van der Waals surface area contributed by atoms with Crippen molar-refractivity contribution in [1.82, 2.24) is 24.7 Å². The van der Waals surface area contributed by atoms with Crippen LogP contribution >= 0.6 is 0 Å². The van der Waals surface area contributed by atoms with Gasteiger partial charge in [-0.25, -0.2) is 9.78 Å². The second-order valence-corrected chi connectivity index (χ2v) is 7.65. The summed E-state index contributed by atoms with van der Waals surface area (Å²) in [6.45, 7) is 6.18. The molecule has 2 saturated heterocycles. The Bertz CT molecular complexity index is 772. The summed E-state index contributed by atoms with van der Waals surface area (Å²) in [7, 11) is 2.01. The summed E-state index contributed by atoms with van der Waals surface area (Å²) in [5.41, 5.74) is 2.06. The van der Waals surface area contributed by atoms with E-state index in [0.29, 0.717) is 6.04 Å². The fourth-order valence-electron chi connectivity index (χ4n) is 4.43. The van der Waals surface area contributed by atoms with Crippen molar-refractivity contribution in [3.05, 3.63) is 30.1 Å². The third-order valence-electron chi connectivity index (χ3n) is 5.96. The maximum absolute atomic E-state index is 12.7. The normalized spacial score (nSPS) is 20.6. The molecular weight excluding hydrogens is 326 g/mol. The molecule has 0 radical (unpaired) electrons. The van der Waals surface area contributed by atoms with Gasteiger partial charge in [0.15, 0.2) is 0 Å². The third kappa shape index (κ3) is 3.30. The predicted molar refractivity (Wildman–Crippen MR) is 103 cm³/mol. The minimum atomic E-state index is -0.115. The first-order chi connectivity index (χ1) is 12.6. The summed E-state index contributed by atoms with van der Waals surface area (Å²) in [5.74, 6) is 0.895. The second-order valence-electron chi connectivity index (χ2n) is 7.65. The molecule has 3 heterocycles. The largest absolute Gasteiger partial charge is 0.329 e. The highest BCUT2D eigenvalue weighted by molar-refractivity contribution is 5.77. The van der Waals surface area contributed by atoms with Crippen LogP contribution in [-0.2, 0) is 7.05 Å². The van der Waals surface area contributed by atoms with Gasteiger partial charge in [-0.3, -0.25) is 0 Å². The van der Waals surface area contributed by atoms with Gasteiger partial charge in [-0.15, -0.1) is 0 Å². The lowest BCUT2D eigenvalue weighted by molar-refractivity contribution is 0.132. The fourth-order valence-corrected chi connectivity index (χ4v) is 4.43. The lowest BCUT2D eigenvalue weighted by Crippen LogP contribution is -2.49. The molecule has 0 saturated carbocycles. The first-order valence-corrected chi connectivity index (χ1v) is 9.84. The quantitative estimate of drug-likeness (QED) is 0.921. The van der Waals surface area contributed by atoms with Crippen molar-refractivity contribution < 1.29 is 4.79 Å². The molecule has 2 aliphatic heterocycles. The van der Waals surface area contributed by atoms with E-state index in [1.54, 1.807) is 0 Å². The zero-order valence-electron chi connectivity index (χ0n) is 15.8. The first kappa shape index (κ1) is 17.3. The van der Waals surface area contributed by atoms with Gasteiger partial charge in [0.05, 0.1) is 17.1 Å². The van der Waals surface area contributed by atoms with Gasteiger partial charge in [-0.2, -0.15) is 0 Å². The molecule has 0 bridgehead atoms. The molecule has 1 atom stereocenters. The number of nitrogens with zero attached hydrogens (tertiary/aromatic N) is 4. The van der Waals surface area contributed by atoms with E-state index in [1.807, 2.05) is 37.1 Å². The number of carbonyl (C=O) groups excluding carboxylic acids is 1. The molecule has 140 valence electrons. The molecule has 2 amide bonds. The highest BCUT2D eigenvalue weighted by Crippen LogP contribution is 2.22. The smallest absolute Gasteiger partial charge is 0.317 e. The number of rotatable bonds is 3. The van der Waals surface area contributed by atoms with Gasteiger partial charge >= 0.3 is 6.03 Å². The number of hydrogen-bond acceptors (Lipinski definition) is 3. The molecule has 1 unspecified atom stereocenters. The molecule has 6 heteroatoms. The zero-order chi connectivity index (χ0) is 18.1. The van der Waals surface area contributed by atoms with Crippen molar-refractivity contribution in [2.24, 2.45) is 7.05 Å². The topological polar surface area (TPSA) is 53.4 Å². The van der Waals surface area contributed by atoms with Gasteiger partial charge in [0.25, 0.3) is 0 Å². The number of carbonyl (C=O) groups is 1. The van der Waals surface area contributed by atoms with E-state index >= 15 is 0 Å². The van der Waals surface area contributed by atoms with Crippen LogP contribution in [0.5, 0.6) is 0 Å². The maximum Gasteiger partial charge on any atom is 0.317 e. The Morgan fingerprint density at radius 3 is 2.54 bits per heavy atom. The number of urea groups is 1. The molecule has 4 rings (SSSR count). The van der Waals surface area contributed by atoms with Crippen LogP contribution in [-0.4, -0.2) is 57.6 Å². The van der Waals surface area contributed by atoms with Crippen LogP contribution in [0.1, 0.15) is 44.5 Å². The Morgan fingerprint density at radius 2 is 1.85 bits per heavy atom. The van der Waals surface area contributed by atoms with Crippen LogP contribution < -0.4 is 5.32 Å². The van der Waals surface area contributed by atoms with Crippen molar-refractivity contribution in [3.63, 3.8) is 0 Å². The maximum atomic E-state index is 12.7. The lowest BCUT2D eigenvalue weighted by Gasteiger charge is -2.37. The minimum absolute atomic E-state index is 0.0319. The highest BCUT2D eigenvalue weighted by atomic mass is 16.2. The van der Waals surface area contributed by atoms with Crippen LogP contribution in [0.3, 0.4) is 0 Å². The van der Waals surface area contributed by atoms with E-state index < -0.39 is 0 Å². The van der Waals surface area contributed by atoms with Gasteiger partial charge in [0.2, 0.25) is 0 Å². The summed E-state index contributed by atoms with van der Waals surface area (Å²) in [5, 5.41) is 3.14. The van der Waals surface area contributed by atoms with Crippen molar-refractivity contribution in [2.45, 2.75) is 44.7 Å². The Labute approximate surface area is 155 Å². The van der Waals surface area contributed by atoms with Crippen molar-refractivity contribution >= 4 is 17.1 Å². The zero-order valence-corrected chi connectivity index (χ0v) is 15.8. The average Bonchev–Trinajstić information content (AvgIpc) is 3.31. The number of para-hydroxylation sites is 2. The molecule has 6 nitrogen and oxygen atoms in total. The molecule has 0 spiro atoms. The Kier molecular flexibility index (Phi) is 4.85. The number of aryl methyl sites for hydroxylation is 1. The summed E-state index contributed by atoms with van der Waals surface area (Å²) in [6, 6.07) is 8.66. The summed E-state index contributed by atoms with van der Waals surface area (Å²) < 4.78 is 2.07. The number of amides is 2. The number of benzene rings is 1. The van der Waals surface area contributed by atoms with Gasteiger partial charge in [0.1, 0.15) is 5.82 Å². The Morgan fingerprint density at radius 1 is 1.15 bits per heavy atom. The third-order valence-corrected chi connectivity index (χ3v) is 5.96. The number of fused-ring (bicyclic) bond motifs is 1. The SMILES string of the molecule is CC(NC(=O)N1CCC(N2CCCC2)CC1)c1nc2ccccc2n1C. The Balaban J connectivity index is 1.36. The molecule has 1 aromatic carbocycles. The lowest BCUT2D eigenvalue weighted by atomic mass is 10.0. The van der Waals surface area contributed by atoms with Crippen molar-refractivity contribution in [3.8, 4) is 0 Å². The van der Waals surface area contributed by atoms with Gasteiger partial charge in [0, 0.05) is 26.2 Å². The monoisotopic (exact) mass is 355 g/mol. The van der Waals surface area contributed by atoms with Crippen molar-refractivity contribution in [1.29, 1.82) is 0 Å². The number of likely N-dealkylation sites (tertiary alicyclic amines) is 2. The number of imidazole rings is 1. The van der Waals surface area contributed by atoms with Crippen LogP contribution in [0.15, 0.2) is 24.3 Å². The molecule has 1 aromatic heterocycles.